The lowest BCUT2D eigenvalue weighted by atomic mass is 9.68. The topological polar surface area (TPSA) is 29.5 Å². The van der Waals surface area contributed by atoms with Gasteiger partial charge in [-0.1, -0.05) is 43.7 Å². The maximum atomic E-state index is 10.7. The van der Waals surface area contributed by atoms with Gasteiger partial charge in [0.15, 0.2) is 0 Å². The highest BCUT2D eigenvalue weighted by atomic mass is 16.5. The van der Waals surface area contributed by atoms with Crippen LogP contribution in [0.2, 0.25) is 0 Å². The third kappa shape index (κ3) is 3.42. The quantitative estimate of drug-likeness (QED) is 0.904. The molecule has 2 nitrogen and oxygen atoms in total. The van der Waals surface area contributed by atoms with E-state index in [4.69, 9.17) is 4.74 Å². The first-order valence-electron chi connectivity index (χ1n) is 7.66. The molecule has 1 saturated carbocycles. The van der Waals surface area contributed by atoms with Crippen molar-refractivity contribution in [1.82, 2.24) is 0 Å². The number of aryl methyl sites for hydroxylation is 1. The van der Waals surface area contributed by atoms with Gasteiger partial charge < -0.3 is 9.84 Å². The molecular weight excluding hydrogens is 248 g/mol. The molecule has 0 radical (unpaired) electrons. The van der Waals surface area contributed by atoms with Crippen molar-refractivity contribution in [1.29, 1.82) is 0 Å². The molecule has 1 aromatic carbocycles. The van der Waals surface area contributed by atoms with Gasteiger partial charge in [0.1, 0.15) is 0 Å². The van der Waals surface area contributed by atoms with Gasteiger partial charge in [0.2, 0.25) is 0 Å². The van der Waals surface area contributed by atoms with Crippen LogP contribution in [0.5, 0.6) is 0 Å². The number of hydrogen-bond acceptors (Lipinski definition) is 2. The van der Waals surface area contributed by atoms with Gasteiger partial charge in [-0.3, -0.25) is 0 Å². The van der Waals surface area contributed by atoms with E-state index in [1.54, 1.807) is 7.11 Å². The molecule has 0 bridgehead atoms. The number of benzene rings is 1. The minimum Gasteiger partial charge on any atom is -0.390 e. The van der Waals surface area contributed by atoms with E-state index in [2.05, 4.69) is 45.0 Å². The summed E-state index contributed by atoms with van der Waals surface area (Å²) in [5.74, 6) is 0. The molecule has 2 heteroatoms. The smallest absolute Gasteiger partial charge is 0.0940 e. The highest BCUT2D eigenvalue weighted by Crippen LogP contribution is 2.43. The standard InChI is InChI=1S/C18H28O2/c1-14-5-7-15(8-6-14)13-16(19)18(20-4)11-9-17(2,3)10-12-18/h5-8,16,19H,9-13H2,1-4H3. The van der Waals surface area contributed by atoms with Gasteiger partial charge in [0.25, 0.3) is 0 Å². The van der Waals surface area contributed by atoms with Crippen molar-refractivity contribution >= 4 is 0 Å². The summed E-state index contributed by atoms with van der Waals surface area (Å²) in [7, 11) is 1.75. The Kier molecular flexibility index (Phi) is 4.55. The largest absolute Gasteiger partial charge is 0.390 e. The minimum absolute atomic E-state index is 0.361. The average molecular weight is 276 g/mol. The molecule has 1 fully saturated rings. The monoisotopic (exact) mass is 276 g/mol. The number of aliphatic hydroxyl groups is 1. The normalized spacial score (nSPS) is 22.4. The van der Waals surface area contributed by atoms with Crippen molar-refractivity contribution in [3.8, 4) is 0 Å². The molecule has 1 N–H and O–H groups in total. The van der Waals surface area contributed by atoms with Crippen LogP contribution in [-0.4, -0.2) is 23.9 Å². The van der Waals surface area contributed by atoms with Crippen molar-refractivity contribution in [2.75, 3.05) is 7.11 Å². The second-order valence-corrected chi connectivity index (χ2v) is 7.14. The first kappa shape index (κ1) is 15.5. The summed E-state index contributed by atoms with van der Waals surface area (Å²) in [6.07, 6.45) is 4.38. The van der Waals surface area contributed by atoms with Gasteiger partial charge in [-0.2, -0.15) is 0 Å². The van der Waals surface area contributed by atoms with E-state index >= 15 is 0 Å². The SMILES string of the molecule is COC1(C(O)Cc2ccc(C)cc2)CCC(C)(C)CC1. The highest BCUT2D eigenvalue weighted by molar-refractivity contribution is 5.22. The molecule has 1 aliphatic rings. The van der Waals surface area contributed by atoms with E-state index in [1.807, 2.05) is 0 Å². The Hall–Kier alpha value is -0.860. The van der Waals surface area contributed by atoms with E-state index in [9.17, 15) is 5.11 Å². The third-order valence-corrected chi connectivity index (χ3v) is 5.01. The summed E-state index contributed by atoms with van der Waals surface area (Å²) >= 11 is 0. The zero-order valence-electron chi connectivity index (χ0n) is 13.3. The lowest BCUT2D eigenvalue weighted by molar-refractivity contribution is -0.135. The molecule has 1 aliphatic carbocycles. The molecule has 20 heavy (non-hydrogen) atoms. The molecule has 0 amide bonds. The van der Waals surface area contributed by atoms with Crippen LogP contribution in [0.25, 0.3) is 0 Å². The zero-order valence-corrected chi connectivity index (χ0v) is 13.3. The lowest BCUT2D eigenvalue weighted by Gasteiger charge is -2.45. The van der Waals surface area contributed by atoms with Crippen LogP contribution in [0.15, 0.2) is 24.3 Å². The van der Waals surface area contributed by atoms with Crippen LogP contribution in [0.1, 0.15) is 50.7 Å². The van der Waals surface area contributed by atoms with Gasteiger partial charge in [-0.25, -0.2) is 0 Å². The second-order valence-electron chi connectivity index (χ2n) is 7.14. The molecular formula is C18H28O2. The highest BCUT2D eigenvalue weighted by Gasteiger charge is 2.43. The van der Waals surface area contributed by atoms with E-state index < -0.39 is 6.10 Å². The van der Waals surface area contributed by atoms with Crippen LogP contribution in [0.3, 0.4) is 0 Å². The molecule has 0 saturated heterocycles. The molecule has 0 heterocycles. The second kappa shape index (κ2) is 5.87. The van der Waals surface area contributed by atoms with Crippen molar-refractivity contribution in [2.45, 2.75) is 64.6 Å². The molecule has 0 spiro atoms. The summed E-state index contributed by atoms with van der Waals surface area (Å²) in [5, 5.41) is 10.7. The fourth-order valence-electron chi connectivity index (χ4n) is 3.16. The van der Waals surface area contributed by atoms with Gasteiger partial charge in [-0.15, -0.1) is 0 Å². The Bertz CT molecular complexity index is 423. The first-order chi connectivity index (χ1) is 9.37. The van der Waals surface area contributed by atoms with Crippen molar-refractivity contribution in [3.63, 3.8) is 0 Å². The fourth-order valence-corrected chi connectivity index (χ4v) is 3.16. The van der Waals surface area contributed by atoms with Crippen LogP contribution >= 0.6 is 0 Å². The van der Waals surface area contributed by atoms with Gasteiger partial charge in [0.05, 0.1) is 11.7 Å². The van der Waals surface area contributed by atoms with Crippen LogP contribution in [-0.2, 0) is 11.2 Å². The van der Waals surface area contributed by atoms with Crippen molar-refractivity contribution in [3.05, 3.63) is 35.4 Å². The first-order valence-corrected chi connectivity index (χ1v) is 7.66. The molecule has 0 aliphatic heterocycles. The third-order valence-electron chi connectivity index (χ3n) is 5.01. The Morgan fingerprint density at radius 2 is 1.65 bits per heavy atom. The predicted molar refractivity (Wildman–Crippen MR) is 82.9 cm³/mol. The average Bonchev–Trinajstić information content (AvgIpc) is 2.42. The van der Waals surface area contributed by atoms with E-state index in [0.717, 1.165) is 25.7 Å². The van der Waals surface area contributed by atoms with Gasteiger partial charge in [0, 0.05) is 13.5 Å². The van der Waals surface area contributed by atoms with Crippen molar-refractivity contribution < 1.29 is 9.84 Å². The number of methoxy groups -OCH3 is 1. The van der Waals surface area contributed by atoms with Gasteiger partial charge in [-0.05, 0) is 43.6 Å². The van der Waals surface area contributed by atoms with Crippen LogP contribution in [0.4, 0.5) is 0 Å². The van der Waals surface area contributed by atoms with E-state index in [1.165, 1.54) is 11.1 Å². The van der Waals surface area contributed by atoms with E-state index in [-0.39, 0.29) is 5.60 Å². The summed E-state index contributed by atoms with van der Waals surface area (Å²) in [4.78, 5) is 0. The predicted octanol–water partition coefficient (Wildman–Crippen LogP) is 3.88. The Balaban J connectivity index is 2.06. The number of hydrogen-bond donors (Lipinski definition) is 1. The maximum Gasteiger partial charge on any atom is 0.0940 e. The number of rotatable bonds is 4. The Morgan fingerprint density at radius 3 is 2.15 bits per heavy atom. The van der Waals surface area contributed by atoms with E-state index in [0.29, 0.717) is 11.8 Å². The van der Waals surface area contributed by atoms with Crippen LogP contribution in [0, 0.1) is 12.3 Å². The molecule has 1 aromatic rings. The molecule has 2 rings (SSSR count). The summed E-state index contributed by atoms with van der Waals surface area (Å²) in [6, 6.07) is 8.42. The molecule has 0 aromatic heterocycles. The fraction of sp³-hybridized carbons (Fsp3) is 0.667. The van der Waals surface area contributed by atoms with Gasteiger partial charge >= 0.3 is 0 Å². The number of aliphatic hydroxyl groups excluding tert-OH is 1. The van der Waals surface area contributed by atoms with Crippen LogP contribution < -0.4 is 0 Å². The summed E-state index contributed by atoms with van der Waals surface area (Å²) < 4.78 is 5.78. The minimum atomic E-state index is -0.425. The Labute approximate surface area is 123 Å². The zero-order chi connectivity index (χ0) is 14.8. The molecule has 1 atom stereocenters. The molecule has 112 valence electrons. The lowest BCUT2D eigenvalue weighted by Crippen LogP contribution is -2.49. The molecule has 1 unspecified atom stereocenters. The summed E-state index contributed by atoms with van der Waals surface area (Å²) in [5.41, 5.74) is 2.46. The Morgan fingerprint density at radius 1 is 1.10 bits per heavy atom. The van der Waals surface area contributed by atoms with Crippen molar-refractivity contribution in [2.24, 2.45) is 5.41 Å². The summed E-state index contributed by atoms with van der Waals surface area (Å²) in [6.45, 7) is 6.69. The maximum absolute atomic E-state index is 10.7. The number of ether oxygens (including phenoxy) is 1.